The maximum Gasteiger partial charge on any atom is 0.335 e. The normalized spacial score (nSPS) is 18.6. The Morgan fingerprint density at radius 3 is 2.25 bits per heavy atom. The van der Waals surface area contributed by atoms with Crippen LogP contribution in [0.5, 0.6) is 0 Å². The molecule has 16 nitrogen and oxygen atoms in total. The van der Waals surface area contributed by atoms with Gasteiger partial charge in [0.2, 0.25) is 29.4 Å². The summed E-state index contributed by atoms with van der Waals surface area (Å²) in [6.45, 7) is 2.71. The Balaban J connectivity index is 1.56. The van der Waals surface area contributed by atoms with Crippen LogP contribution in [-0.2, 0) is 40.1 Å². The Bertz CT molecular complexity index is 1730. The molecular weight excluding hydrogens is 712 g/mol. The molecule has 0 radical (unpaired) electrons. The summed E-state index contributed by atoms with van der Waals surface area (Å²) in [6, 6.07) is 10.4. The van der Waals surface area contributed by atoms with Crippen LogP contribution in [-0.4, -0.2) is 101 Å². The van der Waals surface area contributed by atoms with Gasteiger partial charge in [-0.2, -0.15) is 0 Å². The molecule has 0 spiro atoms. The van der Waals surface area contributed by atoms with Gasteiger partial charge in [0, 0.05) is 18.5 Å². The van der Waals surface area contributed by atoms with Gasteiger partial charge in [0.15, 0.2) is 0 Å². The maximum atomic E-state index is 14.6. The highest BCUT2D eigenvalue weighted by Crippen LogP contribution is 2.30. The van der Waals surface area contributed by atoms with Crippen molar-refractivity contribution in [2.24, 2.45) is 11.7 Å². The predicted molar refractivity (Wildman–Crippen MR) is 198 cm³/mol. The molecule has 2 unspecified atom stereocenters. The number of primary amides is 1. The second-order valence-electron chi connectivity index (χ2n) is 14.0. The number of nitrogens with two attached hydrogens (primary N) is 1. The van der Waals surface area contributed by atoms with Crippen molar-refractivity contribution in [2.75, 3.05) is 13.1 Å². The predicted octanol–water partition coefficient (Wildman–Crippen LogP) is 1.21. The molecule has 2 fully saturated rings. The van der Waals surface area contributed by atoms with E-state index >= 15 is 0 Å². The molecule has 1 heterocycles. The maximum absolute atomic E-state index is 14.6. The van der Waals surface area contributed by atoms with Gasteiger partial charge in [0.1, 0.15) is 18.1 Å². The number of rotatable bonds is 18. The zero-order valence-corrected chi connectivity index (χ0v) is 31.1. The van der Waals surface area contributed by atoms with Gasteiger partial charge in [-0.15, -0.1) is 0 Å². The lowest BCUT2D eigenvalue weighted by Gasteiger charge is -2.35. The first-order valence-corrected chi connectivity index (χ1v) is 18.6. The van der Waals surface area contributed by atoms with E-state index in [9.17, 15) is 43.5 Å². The van der Waals surface area contributed by atoms with E-state index in [-0.39, 0.29) is 43.0 Å². The molecule has 7 N–H and O–H groups in total. The lowest BCUT2D eigenvalue weighted by atomic mass is 9.83. The van der Waals surface area contributed by atoms with E-state index in [0.29, 0.717) is 19.3 Å². The van der Waals surface area contributed by atoms with Gasteiger partial charge in [-0.3, -0.25) is 33.6 Å². The number of likely N-dealkylation sites (tertiary alicyclic amines) is 1. The van der Waals surface area contributed by atoms with Crippen molar-refractivity contribution in [3.8, 4) is 0 Å². The van der Waals surface area contributed by atoms with E-state index in [1.165, 1.54) is 36.1 Å². The summed E-state index contributed by atoms with van der Waals surface area (Å²) < 4.78 is 6.18. The van der Waals surface area contributed by atoms with Crippen LogP contribution < -0.4 is 27.0 Å². The highest BCUT2D eigenvalue weighted by molar-refractivity contribution is 6.38. The van der Waals surface area contributed by atoms with Crippen LogP contribution >= 0.6 is 0 Å². The number of carbonyl (C=O) groups excluding carboxylic acids is 7. The number of aromatic carboxylic acids is 1. The van der Waals surface area contributed by atoms with E-state index < -0.39 is 84.0 Å². The lowest BCUT2D eigenvalue weighted by molar-refractivity contribution is -0.143. The van der Waals surface area contributed by atoms with E-state index in [1.807, 2.05) is 30.3 Å². The Hall–Kier alpha value is -5.64. The van der Waals surface area contributed by atoms with Crippen LogP contribution in [0.1, 0.15) is 91.5 Å². The average molecular weight is 763 g/mol. The van der Waals surface area contributed by atoms with Gasteiger partial charge < -0.3 is 41.7 Å². The van der Waals surface area contributed by atoms with Crippen LogP contribution in [0.2, 0.25) is 0 Å². The molecule has 296 valence electrons. The van der Waals surface area contributed by atoms with Gasteiger partial charge >= 0.3 is 5.97 Å². The summed E-state index contributed by atoms with van der Waals surface area (Å²) >= 11 is 0. The third-order valence-electron chi connectivity index (χ3n) is 9.87. The molecule has 2 aliphatic rings. The average Bonchev–Trinajstić information content (AvgIpc) is 3.62. The fourth-order valence-corrected chi connectivity index (χ4v) is 6.84. The quantitative estimate of drug-likeness (QED) is 0.119. The fourth-order valence-electron chi connectivity index (χ4n) is 6.84. The number of nitrogens with zero attached hydrogens (tertiary/aromatic N) is 1. The summed E-state index contributed by atoms with van der Waals surface area (Å²) in [4.78, 5) is 105. The monoisotopic (exact) mass is 762 g/mol. The van der Waals surface area contributed by atoms with Gasteiger partial charge in [-0.05, 0) is 55.9 Å². The first-order chi connectivity index (χ1) is 26.3. The molecular formula is C39H50N6O10. The molecule has 16 heteroatoms. The third-order valence-corrected chi connectivity index (χ3v) is 9.87. The molecule has 1 aliphatic heterocycles. The van der Waals surface area contributed by atoms with Crippen molar-refractivity contribution >= 4 is 47.2 Å². The van der Waals surface area contributed by atoms with Crippen molar-refractivity contribution in [1.82, 2.24) is 26.2 Å². The van der Waals surface area contributed by atoms with Gasteiger partial charge in [0.05, 0.1) is 30.9 Å². The first kappa shape index (κ1) is 42.1. The molecule has 2 aromatic rings. The highest BCUT2D eigenvalue weighted by atomic mass is 16.5. The standard InChI is InChI=1S/C39H50N6O10/c1-3-11-29(33(47)37(51)41-20-31(46)42-23(2)34(40)48)43-36(50)30-19-28(55-22-24-12-6-4-7-13-24)21-45(30)38(52)32(25-14-8-5-9-15-25)44-35(49)26-16-10-17-27(18-26)39(53)54/h4,6-7,10,12-13,16-18,23,25,28-30,32H,3,5,8-9,11,14-15,19-22H2,1-2H3,(H2,40,48)(H,41,51)(H,42,46)(H,43,50)(H,44,49)(H,53,54)/t23-,28-,29?,30+,32?/m1/s1. The molecule has 55 heavy (non-hydrogen) atoms. The van der Waals surface area contributed by atoms with Crippen molar-refractivity contribution in [2.45, 2.75) is 102 Å². The van der Waals surface area contributed by atoms with Crippen LogP contribution in [0.25, 0.3) is 0 Å². The minimum atomic E-state index is -1.29. The second kappa shape index (κ2) is 20.2. The Morgan fingerprint density at radius 1 is 0.909 bits per heavy atom. The minimum Gasteiger partial charge on any atom is -0.478 e. The number of ether oxygens (including phenoxy) is 1. The zero-order valence-electron chi connectivity index (χ0n) is 31.1. The number of ketones is 1. The number of nitrogens with one attached hydrogen (secondary N) is 4. The number of Topliss-reactive ketones (excluding diaryl/α,β-unsaturated/α-hetero) is 1. The Kier molecular flexibility index (Phi) is 15.4. The largest absolute Gasteiger partial charge is 0.478 e. The molecule has 0 bridgehead atoms. The lowest BCUT2D eigenvalue weighted by Crippen LogP contribution is -2.58. The smallest absolute Gasteiger partial charge is 0.335 e. The molecule has 0 aromatic heterocycles. The number of hydrogen-bond donors (Lipinski definition) is 6. The number of carboxylic acids is 1. The van der Waals surface area contributed by atoms with E-state index in [0.717, 1.165) is 24.8 Å². The summed E-state index contributed by atoms with van der Waals surface area (Å²) in [5.41, 5.74) is 6.00. The number of carbonyl (C=O) groups is 8. The molecule has 4 rings (SSSR count). The summed E-state index contributed by atoms with van der Waals surface area (Å²) in [5, 5.41) is 19.5. The molecule has 5 atom stereocenters. The van der Waals surface area contributed by atoms with Gasteiger partial charge in [0.25, 0.3) is 11.8 Å². The van der Waals surface area contributed by atoms with Crippen molar-refractivity contribution in [3.05, 3.63) is 71.3 Å². The fraction of sp³-hybridized carbons (Fsp3) is 0.487. The Labute approximate surface area is 319 Å². The third kappa shape index (κ3) is 11.9. The van der Waals surface area contributed by atoms with E-state index in [2.05, 4.69) is 21.3 Å². The number of hydrogen-bond acceptors (Lipinski definition) is 9. The summed E-state index contributed by atoms with van der Waals surface area (Å²) in [6.07, 6.45) is 3.86. The second-order valence-corrected chi connectivity index (χ2v) is 14.0. The molecule has 1 aliphatic carbocycles. The van der Waals surface area contributed by atoms with Crippen LogP contribution in [0.3, 0.4) is 0 Å². The van der Waals surface area contributed by atoms with Crippen molar-refractivity contribution < 1.29 is 48.2 Å². The van der Waals surface area contributed by atoms with E-state index in [4.69, 9.17) is 10.5 Å². The molecule has 1 saturated heterocycles. The molecule has 2 aromatic carbocycles. The molecule has 1 saturated carbocycles. The summed E-state index contributed by atoms with van der Waals surface area (Å²) in [5.74, 6) is -7.00. The zero-order chi connectivity index (χ0) is 40.1. The highest BCUT2D eigenvalue weighted by Gasteiger charge is 2.45. The number of amides is 6. The van der Waals surface area contributed by atoms with Crippen molar-refractivity contribution in [3.63, 3.8) is 0 Å². The number of carboxylic acid groups (broad SMARTS) is 1. The van der Waals surface area contributed by atoms with Gasteiger partial charge in [-0.1, -0.05) is 69.0 Å². The molecule has 6 amide bonds. The van der Waals surface area contributed by atoms with Crippen LogP contribution in [0.4, 0.5) is 0 Å². The first-order valence-electron chi connectivity index (χ1n) is 18.6. The van der Waals surface area contributed by atoms with Gasteiger partial charge in [-0.25, -0.2) is 4.79 Å². The minimum absolute atomic E-state index is 0.00303. The topological polar surface area (TPSA) is 243 Å². The van der Waals surface area contributed by atoms with Crippen molar-refractivity contribution in [1.29, 1.82) is 0 Å². The Morgan fingerprint density at radius 2 is 1.60 bits per heavy atom. The number of benzene rings is 2. The van der Waals surface area contributed by atoms with E-state index in [1.54, 1.807) is 6.92 Å². The SMILES string of the molecule is CCCC(NC(=O)[C@@H]1C[C@@H](OCc2ccccc2)CN1C(=O)C(NC(=O)c1cccc(C(=O)O)c1)C1CCCCC1)C(=O)C(=O)NCC(=O)N[C@H](C)C(N)=O. The van der Waals surface area contributed by atoms with Crippen LogP contribution in [0.15, 0.2) is 54.6 Å². The summed E-state index contributed by atoms with van der Waals surface area (Å²) in [7, 11) is 0. The van der Waals surface area contributed by atoms with Crippen LogP contribution in [0, 0.1) is 5.92 Å².